The fraction of sp³-hybridized carbons (Fsp3) is 0.278. The highest BCUT2D eigenvalue weighted by molar-refractivity contribution is 7.87. The number of ether oxygens (including phenoxy) is 1. The maximum absolute atomic E-state index is 12.1. The molecule has 1 amide bonds. The lowest BCUT2D eigenvalue weighted by molar-refractivity contribution is -0.116. The van der Waals surface area contributed by atoms with E-state index in [2.05, 4.69) is 4.72 Å². The Morgan fingerprint density at radius 3 is 2.27 bits per heavy atom. The number of rotatable bonds is 8. The second-order valence-corrected chi connectivity index (χ2v) is 7.70. The number of nitrogens with zero attached hydrogens (tertiary/aromatic N) is 2. The predicted molar refractivity (Wildman–Crippen MR) is 102 cm³/mol. The summed E-state index contributed by atoms with van der Waals surface area (Å²) in [7, 11) is -0.669. The van der Waals surface area contributed by atoms with Gasteiger partial charge >= 0.3 is 0 Å². The van der Waals surface area contributed by atoms with Crippen molar-refractivity contribution in [3.05, 3.63) is 54.6 Å². The third kappa shape index (κ3) is 5.29. The zero-order valence-electron chi connectivity index (χ0n) is 15.0. The number of para-hydroxylation sites is 3. The van der Waals surface area contributed by atoms with Crippen LogP contribution in [0.5, 0.6) is 11.5 Å². The van der Waals surface area contributed by atoms with Crippen LogP contribution in [-0.4, -0.2) is 45.8 Å². The number of hydrogen-bond acceptors (Lipinski definition) is 4. The predicted octanol–water partition coefficient (Wildman–Crippen LogP) is 2.23. The molecule has 0 aliphatic rings. The average Bonchev–Trinajstić information content (AvgIpc) is 2.60. The Balaban J connectivity index is 2.18. The van der Waals surface area contributed by atoms with Crippen LogP contribution in [0.15, 0.2) is 54.6 Å². The summed E-state index contributed by atoms with van der Waals surface area (Å²) >= 11 is 0. The highest BCUT2D eigenvalue weighted by Crippen LogP contribution is 2.32. The highest BCUT2D eigenvalue weighted by atomic mass is 32.2. The van der Waals surface area contributed by atoms with Gasteiger partial charge in [0, 0.05) is 34.1 Å². The first-order chi connectivity index (χ1) is 12.3. The molecule has 26 heavy (non-hydrogen) atoms. The van der Waals surface area contributed by atoms with Crippen molar-refractivity contribution >= 4 is 21.8 Å². The van der Waals surface area contributed by atoms with Gasteiger partial charge in [0.15, 0.2) is 5.75 Å². The molecule has 0 saturated heterocycles. The van der Waals surface area contributed by atoms with E-state index < -0.39 is 10.2 Å². The quantitative estimate of drug-likeness (QED) is 0.765. The third-order valence-electron chi connectivity index (χ3n) is 3.61. The van der Waals surface area contributed by atoms with Gasteiger partial charge in [-0.3, -0.25) is 4.79 Å². The molecule has 2 aromatic rings. The molecular formula is C18H23N3O4S. The standard InChI is InChI=1S/C18H23N3O4S/c1-15(22)21(14-13-19-26(23,24)20(2)3)17-11-7-8-12-18(17)25-16-9-5-4-6-10-16/h4-12,19H,13-14H2,1-3H3. The largest absolute Gasteiger partial charge is 0.455 e. The van der Waals surface area contributed by atoms with Crippen LogP contribution in [0.2, 0.25) is 0 Å². The number of anilines is 1. The molecule has 0 fully saturated rings. The number of carbonyl (C=O) groups excluding carboxylic acids is 1. The van der Waals surface area contributed by atoms with Crippen LogP contribution in [0.4, 0.5) is 5.69 Å². The molecule has 2 rings (SSSR count). The van der Waals surface area contributed by atoms with E-state index in [9.17, 15) is 13.2 Å². The summed E-state index contributed by atoms with van der Waals surface area (Å²) in [4.78, 5) is 13.6. The molecule has 0 heterocycles. The minimum atomic E-state index is -3.55. The summed E-state index contributed by atoms with van der Waals surface area (Å²) in [6.45, 7) is 1.69. The van der Waals surface area contributed by atoms with Crippen molar-refractivity contribution < 1.29 is 17.9 Å². The van der Waals surface area contributed by atoms with Gasteiger partial charge < -0.3 is 9.64 Å². The number of hydrogen-bond donors (Lipinski definition) is 1. The molecule has 0 aromatic heterocycles. The molecule has 0 unspecified atom stereocenters. The summed E-state index contributed by atoms with van der Waals surface area (Å²) in [6.07, 6.45) is 0. The molecule has 1 N–H and O–H groups in total. The Morgan fingerprint density at radius 1 is 1.04 bits per heavy atom. The molecule has 0 spiro atoms. The summed E-state index contributed by atoms with van der Waals surface area (Å²) in [5, 5.41) is 0. The van der Waals surface area contributed by atoms with Crippen molar-refractivity contribution in [1.29, 1.82) is 0 Å². The van der Waals surface area contributed by atoms with Crippen LogP contribution in [0.25, 0.3) is 0 Å². The first-order valence-electron chi connectivity index (χ1n) is 8.08. The Bertz CT molecular complexity index is 839. The number of amides is 1. The van der Waals surface area contributed by atoms with E-state index in [1.807, 2.05) is 36.4 Å². The van der Waals surface area contributed by atoms with E-state index in [4.69, 9.17) is 4.74 Å². The Kier molecular flexibility index (Phi) is 6.73. The van der Waals surface area contributed by atoms with Gasteiger partial charge in [-0.1, -0.05) is 30.3 Å². The SMILES string of the molecule is CC(=O)N(CCNS(=O)(=O)N(C)C)c1ccccc1Oc1ccccc1. The van der Waals surface area contributed by atoms with Gasteiger partial charge in [0.1, 0.15) is 5.75 Å². The van der Waals surface area contributed by atoms with E-state index >= 15 is 0 Å². The first-order valence-corrected chi connectivity index (χ1v) is 9.52. The van der Waals surface area contributed by atoms with E-state index in [1.54, 1.807) is 18.2 Å². The van der Waals surface area contributed by atoms with Crippen molar-refractivity contribution in [2.75, 3.05) is 32.1 Å². The minimum absolute atomic E-state index is 0.0831. The molecule has 0 radical (unpaired) electrons. The van der Waals surface area contributed by atoms with E-state index in [0.29, 0.717) is 17.2 Å². The summed E-state index contributed by atoms with van der Waals surface area (Å²) in [6, 6.07) is 16.4. The normalized spacial score (nSPS) is 11.4. The molecule has 0 bridgehead atoms. The second kappa shape index (κ2) is 8.79. The van der Waals surface area contributed by atoms with Crippen molar-refractivity contribution in [2.24, 2.45) is 0 Å². The molecule has 140 valence electrons. The van der Waals surface area contributed by atoms with Gasteiger partial charge in [-0.05, 0) is 24.3 Å². The van der Waals surface area contributed by atoms with Crippen LogP contribution < -0.4 is 14.4 Å². The topological polar surface area (TPSA) is 79.0 Å². The van der Waals surface area contributed by atoms with Gasteiger partial charge in [-0.15, -0.1) is 0 Å². The van der Waals surface area contributed by atoms with Crippen LogP contribution in [-0.2, 0) is 15.0 Å². The van der Waals surface area contributed by atoms with Crippen molar-refractivity contribution in [1.82, 2.24) is 9.03 Å². The van der Waals surface area contributed by atoms with Crippen LogP contribution >= 0.6 is 0 Å². The van der Waals surface area contributed by atoms with Gasteiger partial charge in [-0.25, -0.2) is 4.72 Å². The lowest BCUT2D eigenvalue weighted by Gasteiger charge is -2.24. The van der Waals surface area contributed by atoms with Crippen molar-refractivity contribution in [3.63, 3.8) is 0 Å². The summed E-state index contributed by atoms with van der Waals surface area (Å²) in [5.41, 5.74) is 0.577. The zero-order valence-corrected chi connectivity index (χ0v) is 15.9. The van der Waals surface area contributed by atoms with Crippen LogP contribution in [0.1, 0.15) is 6.92 Å². The third-order valence-corrected chi connectivity index (χ3v) is 5.14. The summed E-state index contributed by atoms with van der Waals surface area (Å²) < 4.78 is 33.0. The molecule has 7 nitrogen and oxygen atoms in total. The molecule has 0 aliphatic carbocycles. The van der Waals surface area contributed by atoms with Gasteiger partial charge in [0.25, 0.3) is 10.2 Å². The highest BCUT2D eigenvalue weighted by Gasteiger charge is 2.18. The number of nitrogens with one attached hydrogen (secondary N) is 1. The van der Waals surface area contributed by atoms with Crippen LogP contribution in [0, 0.1) is 0 Å². The van der Waals surface area contributed by atoms with E-state index in [-0.39, 0.29) is 19.0 Å². The van der Waals surface area contributed by atoms with Gasteiger partial charge in [0.2, 0.25) is 5.91 Å². The number of carbonyl (C=O) groups is 1. The molecule has 8 heteroatoms. The molecule has 0 aliphatic heterocycles. The molecule has 2 aromatic carbocycles. The van der Waals surface area contributed by atoms with Gasteiger partial charge in [-0.2, -0.15) is 12.7 Å². The second-order valence-electron chi connectivity index (χ2n) is 5.74. The maximum Gasteiger partial charge on any atom is 0.278 e. The Labute approximate surface area is 154 Å². The fourth-order valence-corrected chi connectivity index (χ4v) is 2.85. The minimum Gasteiger partial charge on any atom is -0.455 e. The smallest absolute Gasteiger partial charge is 0.278 e. The van der Waals surface area contributed by atoms with Crippen molar-refractivity contribution in [3.8, 4) is 11.5 Å². The Morgan fingerprint density at radius 2 is 1.65 bits per heavy atom. The monoisotopic (exact) mass is 377 g/mol. The zero-order chi connectivity index (χ0) is 19.2. The molecular weight excluding hydrogens is 354 g/mol. The van der Waals surface area contributed by atoms with E-state index in [1.165, 1.54) is 25.9 Å². The maximum atomic E-state index is 12.1. The van der Waals surface area contributed by atoms with Crippen molar-refractivity contribution in [2.45, 2.75) is 6.92 Å². The average molecular weight is 377 g/mol. The Hall–Kier alpha value is -2.42. The van der Waals surface area contributed by atoms with E-state index in [0.717, 1.165) is 4.31 Å². The fourth-order valence-electron chi connectivity index (χ4n) is 2.25. The summed E-state index contributed by atoms with van der Waals surface area (Å²) in [5.74, 6) is 0.958. The molecule has 0 atom stereocenters. The van der Waals surface area contributed by atoms with Crippen LogP contribution in [0.3, 0.4) is 0 Å². The molecule has 0 saturated carbocycles. The first kappa shape index (κ1) is 19.9. The lowest BCUT2D eigenvalue weighted by Crippen LogP contribution is -2.41. The lowest BCUT2D eigenvalue weighted by atomic mass is 10.2. The number of benzene rings is 2. The van der Waals surface area contributed by atoms with Gasteiger partial charge in [0.05, 0.1) is 5.69 Å².